The van der Waals surface area contributed by atoms with E-state index >= 15 is 0 Å². The van der Waals surface area contributed by atoms with Gasteiger partial charge in [-0.15, -0.1) is 0 Å². The van der Waals surface area contributed by atoms with E-state index in [1.165, 1.54) is 0 Å². The van der Waals surface area contributed by atoms with Gasteiger partial charge in [0.15, 0.2) is 0 Å². The molecule has 0 heterocycles. The van der Waals surface area contributed by atoms with Crippen molar-refractivity contribution >= 4 is 0 Å². The minimum atomic E-state index is -0.0992. The van der Waals surface area contributed by atoms with E-state index in [0.29, 0.717) is 13.2 Å². The van der Waals surface area contributed by atoms with Gasteiger partial charge in [-0.3, -0.25) is 0 Å². The van der Waals surface area contributed by atoms with Crippen LogP contribution >= 0.6 is 0 Å². The lowest BCUT2D eigenvalue weighted by Crippen LogP contribution is -2.18. The maximum absolute atomic E-state index is 5.68. The highest BCUT2D eigenvalue weighted by Crippen LogP contribution is 2.12. The summed E-state index contributed by atoms with van der Waals surface area (Å²) in [6, 6.07) is 8.05. The van der Waals surface area contributed by atoms with Gasteiger partial charge in [0.1, 0.15) is 0 Å². The number of ether oxygens (including phenoxy) is 1. The maximum atomic E-state index is 5.68. The Balaban J connectivity index is 2.58. The molecule has 2 nitrogen and oxygen atoms in total. The molecule has 0 saturated carbocycles. The zero-order chi connectivity index (χ0) is 12.0. The second-order valence-electron chi connectivity index (χ2n) is 4.60. The van der Waals surface area contributed by atoms with Crippen molar-refractivity contribution in [2.75, 3.05) is 6.54 Å². The van der Waals surface area contributed by atoms with Crippen LogP contribution in [0.5, 0.6) is 0 Å². The van der Waals surface area contributed by atoms with Gasteiger partial charge in [-0.25, -0.2) is 0 Å². The Kier molecular flexibility index (Phi) is 4.54. The lowest BCUT2D eigenvalue weighted by Gasteiger charge is -2.19. The topological polar surface area (TPSA) is 35.2 Å². The van der Waals surface area contributed by atoms with E-state index in [-0.39, 0.29) is 5.60 Å². The van der Waals surface area contributed by atoms with E-state index in [1.54, 1.807) is 0 Å². The molecule has 86 valence electrons. The van der Waals surface area contributed by atoms with Crippen LogP contribution in [0.2, 0.25) is 0 Å². The summed E-state index contributed by atoms with van der Waals surface area (Å²) in [6.45, 7) is 7.18. The van der Waals surface area contributed by atoms with Gasteiger partial charge in [-0.1, -0.05) is 24.0 Å². The summed E-state index contributed by atoms with van der Waals surface area (Å²) in [4.78, 5) is 0. The van der Waals surface area contributed by atoms with Gasteiger partial charge in [-0.2, -0.15) is 0 Å². The molecule has 0 aliphatic carbocycles. The summed E-state index contributed by atoms with van der Waals surface area (Å²) in [5.41, 5.74) is 7.36. The Morgan fingerprint density at radius 2 is 1.81 bits per heavy atom. The Labute approximate surface area is 97.8 Å². The summed E-state index contributed by atoms with van der Waals surface area (Å²) >= 11 is 0. The molecule has 0 aliphatic heterocycles. The van der Waals surface area contributed by atoms with Gasteiger partial charge in [0.25, 0.3) is 0 Å². The number of rotatable bonds is 2. The van der Waals surface area contributed by atoms with Crippen molar-refractivity contribution in [3.8, 4) is 11.8 Å². The van der Waals surface area contributed by atoms with Crippen LogP contribution in [-0.4, -0.2) is 12.1 Å². The van der Waals surface area contributed by atoms with E-state index in [9.17, 15) is 0 Å². The first kappa shape index (κ1) is 12.8. The molecule has 0 spiro atoms. The van der Waals surface area contributed by atoms with Gasteiger partial charge >= 0.3 is 0 Å². The first-order valence-corrected chi connectivity index (χ1v) is 5.43. The van der Waals surface area contributed by atoms with Gasteiger partial charge in [-0.05, 0) is 38.5 Å². The van der Waals surface area contributed by atoms with Crippen LogP contribution in [0.15, 0.2) is 24.3 Å². The van der Waals surface area contributed by atoms with Crippen LogP contribution < -0.4 is 5.73 Å². The molecule has 0 aromatic heterocycles. The lowest BCUT2D eigenvalue weighted by atomic mass is 10.1. The van der Waals surface area contributed by atoms with E-state index in [4.69, 9.17) is 10.5 Å². The highest BCUT2D eigenvalue weighted by molar-refractivity contribution is 5.36. The highest BCUT2D eigenvalue weighted by Gasteiger charge is 2.09. The molecule has 1 rings (SSSR count). The lowest BCUT2D eigenvalue weighted by molar-refractivity contribution is -0.0149. The van der Waals surface area contributed by atoms with E-state index < -0.39 is 0 Å². The molecule has 2 N–H and O–H groups in total. The molecule has 0 bridgehead atoms. The van der Waals surface area contributed by atoms with Crippen molar-refractivity contribution in [3.05, 3.63) is 35.4 Å². The second-order valence-corrected chi connectivity index (χ2v) is 4.60. The van der Waals surface area contributed by atoms with Crippen molar-refractivity contribution in [1.29, 1.82) is 0 Å². The van der Waals surface area contributed by atoms with Crippen LogP contribution in [0, 0.1) is 11.8 Å². The third-order valence-electron chi connectivity index (χ3n) is 1.96. The first-order chi connectivity index (χ1) is 7.51. The van der Waals surface area contributed by atoms with Crippen molar-refractivity contribution in [3.63, 3.8) is 0 Å². The fraction of sp³-hybridized carbons (Fsp3) is 0.429. The minimum absolute atomic E-state index is 0.0992. The minimum Gasteiger partial charge on any atom is -0.371 e. The Bertz CT molecular complexity index is 376. The molecule has 0 radical (unpaired) electrons. The Hall–Kier alpha value is -1.30. The van der Waals surface area contributed by atoms with E-state index in [0.717, 1.165) is 11.1 Å². The first-order valence-electron chi connectivity index (χ1n) is 5.43. The molecule has 1 aromatic rings. The van der Waals surface area contributed by atoms with Crippen LogP contribution in [0.1, 0.15) is 31.9 Å². The molecular weight excluding hydrogens is 198 g/mol. The van der Waals surface area contributed by atoms with Gasteiger partial charge < -0.3 is 10.5 Å². The number of benzene rings is 1. The average molecular weight is 217 g/mol. The van der Waals surface area contributed by atoms with Crippen LogP contribution in [0.4, 0.5) is 0 Å². The molecule has 0 amide bonds. The molecule has 0 aliphatic rings. The molecular formula is C14H19NO. The monoisotopic (exact) mass is 217 g/mol. The Morgan fingerprint density at radius 3 is 2.31 bits per heavy atom. The summed E-state index contributed by atoms with van der Waals surface area (Å²) in [6.07, 6.45) is 0. The fourth-order valence-electron chi connectivity index (χ4n) is 1.14. The van der Waals surface area contributed by atoms with Crippen molar-refractivity contribution in [1.82, 2.24) is 0 Å². The largest absolute Gasteiger partial charge is 0.371 e. The van der Waals surface area contributed by atoms with Crippen molar-refractivity contribution in [2.24, 2.45) is 5.73 Å². The smallest absolute Gasteiger partial charge is 0.0724 e. The van der Waals surface area contributed by atoms with Crippen molar-refractivity contribution in [2.45, 2.75) is 33.0 Å². The second kappa shape index (κ2) is 5.69. The summed E-state index contributed by atoms with van der Waals surface area (Å²) in [5.74, 6) is 5.81. The van der Waals surface area contributed by atoms with Gasteiger partial charge in [0.2, 0.25) is 0 Å². The van der Waals surface area contributed by atoms with Crippen LogP contribution in [0.3, 0.4) is 0 Å². The summed E-state index contributed by atoms with van der Waals surface area (Å²) in [5, 5.41) is 0. The zero-order valence-electron chi connectivity index (χ0n) is 10.2. The standard InChI is InChI=1S/C14H19NO/c1-14(2,3)16-11-13-8-6-12(7-9-13)5-4-10-15/h6-9H,10-11,15H2,1-3H3. The number of nitrogens with two attached hydrogens (primary N) is 1. The van der Waals surface area contributed by atoms with E-state index in [1.807, 2.05) is 45.0 Å². The Morgan fingerprint density at radius 1 is 1.19 bits per heavy atom. The predicted molar refractivity (Wildman–Crippen MR) is 66.9 cm³/mol. The normalized spacial score (nSPS) is 10.8. The number of hydrogen-bond donors (Lipinski definition) is 1. The molecule has 0 unspecified atom stereocenters. The fourth-order valence-corrected chi connectivity index (χ4v) is 1.14. The average Bonchev–Trinajstić information content (AvgIpc) is 2.24. The molecule has 16 heavy (non-hydrogen) atoms. The number of hydrogen-bond acceptors (Lipinski definition) is 2. The highest BCUT2D eigenvalue weighted by atomic mass is 16.5. The maximum Gasteiger partial charge on any atom is 0.0724 e. The van der Waals surface area contributed by atoms with Crippen LogP contribution in [-0.2, 0) is 11.3 Å². The van der Waals surface area contributed by atoms with Gasteiger partial charge in [0, 0.05) is 5.56 Å². The quantitative estimate of drug-likeness (QED) is 0.772. The molecule has 0 atom stereocenters. The van der Waals surface area contributed by atoms with Crippen molar-refractivity contribution < 1.29 is 4.74 Å². The van der Waals surface area contributed by atoms with E-state index in [2.05, 4.69) is 11.8 Å². The molecule has 2 heteroatoms. The van der Waals surface area contributed by atoms with Gasteiger partial charge in [0.05, 0.1) is 18.8 Å². The third-order valence-corrected chi connectivity index (χ3v) is 1.96. The van der Waals surface area contributed by atoms with Crippen LogP contribution in [0.25, 0.3) is 0 Å². The molecule has 0 fully saturated rings. The zero-order valence-corrected chi connectivity index (χ0v) is 10.2. The predicted octanol–water partition coefficient (Wildman–Crippen LogP) is 2.31. The molecule has 0 saturated heterocycles. The molecule has 1 aromatic carbocycles. The third kappa shape index (κ3) is 4.97. The SMILES string of the molecule is CC(C)(C)OCc1ccc(C#CCN)cc1. The summed E-state index contributed by atoms with van der Waals surface area (Å²) < 4.78 is 5.68. The summed E-state index contributed by atoms with van der Waals surface area (Å²) in [7, 11) is 0.